The maximum atomic E-state index is 12.4. The number of carbonyl (C=O) groups excluding carboxylic acids is 1. The number of fused-ring (bicyclic) bond motifs is 2. The normalized spacial score (nSPS) is 40.3. The second-order valence-electron chi connectivity index (χ2n) is 6.74. The Balaban J connectivity index is 0.00000147. The number of ether oxygens (including phenoxy) is 1. The maximum Gasteiger partial charge on any atom is 0.223 e. The van der Waals surface area contributed by atoms with Crippen molar-refractivity contribution in [3.8, 4) is 0 Å². The van der Waals surface area contributed by atoms with E-state index in [1.54, 1.807) is 0 Å². The highest BCUT2D eigenvalue weighted by Crippen LogP contribution is 2.33. The number of nitrogens with zero attached hydrogens (tertiary/aromatic N) is 1. The Morgan fingerprint density at radius 2 is 1.70 bits per heavy atom. The molecule has 0 spiro atoms. The van der Waals surface area contributed by atoms with Gasteiger partial charge in [0.2, 0.25) is 5.91 Å². The van der Waals surface area contributed by atoms with Crippen molar-refractivity contribution in [3.63, 3.8) is 0 Å². The number of morpholine rings is 1. The molecule has 3 aliphatic rings. The minimum Gasteiger partial charge on any atom is -0.372 e. The van der Waals surface area contributed by atoms with E-state index in [9.17, 15) is 4.79 Å². The summed E-state index contributed by atoms with van der Waals surface area (Å²) in [6.07, 6.45) is 6.10. The lowest BCUT2D eigenvalue weighted by Crippen LogP contribution is -2.49. The van der Waals surface area contributed by atoms with Gasteiger partial charge in [-0.2, -0.15) is 0 Å². The average Bonchev–Trinajstić information content (AvgIpc) is 2.67. The topological polar surface area (TPSA) is 41.6 Å². The first-order valence-electron chi connectivity index (χ1n) is 7.79. The highest BCUT2D eigenvalue weighted by Gasteiger charge is 2.35. The van der Waals surface area contributed by atoms with E-state index in [1.807, 2.05) is 4.90 Å². The molecule has 0 aliphatic carbocycles. The molecule has 3 rings (SSSR count). The Morgan fingerprint density at radius 1 is 1.15 bits per heavy atom. The van der Waals surface area contributed by atoms with Crippen molar-refractivity contribution in [1.82, 2.24) is 10.2 Å². The van der Waals surface area contributed by atoms with E-state index in [-0.39, 0.29) is 24.6 Å². The summed E-state index contributed by atoms with van der Waals surface area (Å²) >= 11 is 0. The van der Waals surface area contributed by atoms with Gasteiger partial charge in [-0.15, -0.1) is 12.4 Å². The molecule has 3 saturated heterocycles. The Labute approximate surface area is 128 Å². The van der Waals surface area contributed by atoms with Gasteiger partial charge in [-0.1, -0.05) is 0 Å². The van der Waals surface area contributed by atoms with Crippen LogP contribution in [0.4, 0.5) is 0 Å². The molecule has 0 aromatic rings. The summed E-state index contributed by atoms with van der Waals surface area (Å²) in [4.78, 5) is 14.5. The highest BCUT2D eigenvalue weighted by molar-refractivity contribution is 5.85. The third-order valence-electron chi connectivity index (χ3n) is 4.81. The molecule has 0 aromatic heterocycles. The molecule has 1 N–H and O–H groups in total. The molecule has 4 unspecified atom stereocenters. The van der Waals surface area contributed by atoms with Crippen molar-refractivity contribution in [2.75, 3.05) is 13.1 Å². The number of nitrogens with one attached hydrogen (secondary N) is 1. The molecule has 3 fully saturated rings. The van der Waals surface area contributed by atoms with E-state index in [0.29, 0.717) is 23.9 Å². The standard InChI is InChI=1S/C15H26N2O2.ClH/c1-10-8-17(9-11(2)19-10)15(18)7-12-5-13-3-4-14(6-12)16-13;/h10-14,16H,3-9H2,1-2H3;1H. The average molecular weight is 303 g/mol. The summed E-state index contributed by atoms with van der Waals surface area (Å²) in [5.41, 5.74) is 0. The molecule has 0 saturated carbocycles. The van der Waals surface area contributed by atoms with Gasteiger partial charge in [-0.25, -0.2) is 0 Å². The van der Waals surface area contributed by atoms with Gasteiger partial charge in [0.1, 0.15) is 0 Å². The quantitative estimate of drug-likeness (QED) is 0.848. The van der Waals surface area contributed by atoms with Crippen LogP contribution in [0, 0.1) is 5.92 Å². The lowest BCUT2D eigenvalue weighted by Gasteiger charge is -2.37. The number of amides is 1. The van der Waals surface area contributed by atoms with Crippen LogP contribution in [0.1, 0.15) is 46.0 Å². The SMILES string of the molecule is CC1CN(C(=O)CC2CC3CCC(C2)N3)CC(C)O1.Cl. The van der Waals surface area contributed by atoms with E-state index < -0.39 is 0 Å². The summed E-state index contributed by atoms with van der Waals surface area (Å²) in [6, 6.07) is 1.36. The number of carbonyl (C=O) groups is 1. The van der Waals surface area contributed by atoms with Crippen LogP contribution in [0.5, 0.6) is 0 Å². The van der Waals surface area contributed by atoms with Crippen LogP contribution >= 0.6 is 12.4 Å². The Kier molecular flexibility index (Phi) is 5.32. The van der Waals surface area contributed by atoms with Crippen molar-refractivity contribution in [2.24, 2.45) is 5.92 Å². The summed E-state index contributed by atoms with van der Waals surface area (Å²) in [5, 5.41) is 3.64. The predicted molar refractivity (Wildman–Crippen MR) is 81.1 cm³/mol. The summed E-state index contributed by atoms with van der Waals surface area (Å²) in [6.45, 7) is 5.64. The number of rotatable bonds is 2. The van der Waals surface area contributed by atoms with Gasteiger partial charge in [0.05, 0.1) is 12.2 Å². The molecule has 20 heavy (non-hydrogen) atoms. The van der Waals surface area contributed by atoms with Crippen molar-refractivity contribution < 1.29 is 9.53 Å². The van der Waals surface area contributed by atoms with Gasteiger partial charge in [0, 0.05) is 31.6 Å². The minimum atomic E-state index is 0. The second kappa shape index (κ2) is 6.63. The largest absolute Gasteiger partial charge is 0.372 e. The van der Waals surface area contributed by atoms with E-state index in [2.05, 4.69) is 19.2 Å². The fraction of sp³-hybridized carbons (Fsp3) is 0.933. The van der Waals surface area contributed by atoms with Crippen LogP contribution in [0.25, 0.3) is 0 Å². The van der Waals surface area contributed by atoms with Crippen LogP contribution in [0.3, 0.4) is 0 Å². The highest BCUT2D eigenvalue weighted by atomic mass is 35.5. The Bertz CT molecular complexity index is 331. The molecule has 0 aromatic carbocycles. The molecule has 5 heteroatoms. The molecular formula is C15H27ClN2O2. The minimum absolute atomic E-state index is 0. The molecule has 116 valence electrons. The second-order valence-corrected chi connectivity index (χ2v) is 6.74. The molecule has 3 aliphatic heterocycles. The first-order valence-corrected chi connectivity index (χ1v) is 7.79. The van der Waals surface area contributed by atoms with Crippen molar-refractivity contribution >= 4 is 18.3 Å². The van der Waals surface area contributed by atoms with E-state index >= 15 is 0 Å². The fourth-order valence-electron chi connectivity index (χ4n) is 4.10. The third kappa shape index (κ3) is 3.66. The zero-order valence-electron chi connectivity index (χ0n) is 12.5. The number of hydrogen-bond acceptors (Lipinski definition) is 3. The number of halogens is 1. The number of hydrogen-bond donors (Lipinski definition) is 1. The van der Waals surface area contributed by atoms with Crippen LogP contribution in [0.2, 0.25) is 0 Å². The lowest BCUT2D eigenvalue weighted by atomic mass is 9.89. The Hall–Kier alpha value is -0.320. The Morgan fingerprint density at radius 3 is 2.25 bits per heavy atom. The summed E-state index contributed by atoms with van der Waals surface area (Å²) in [5.74, 6) is 0.938. The summed E-state index contributed by atoms with van der Waals surface area (Å²) in [7, 11) is 0. The van der Waals surface area contributed by atoms with E-state index in [0.717, 1.165) is 19.5 Å². The van der Waals surface area contributed by atoms with E-state index in [1.165, 1.54) is 25.7 Å². The van der Waals surface area contributed by atoms with Gasteiger partial charge in [-0.05, 0) is 45.4 Å². The van der Waals surface area contributed by atoms with Crippen LogP contribution in [-0.4, -0.2) is 48.2 Å². The fourth-order valence-corrected chi connectivity index (χ4v) is 4.10. The van der Waals surface area contributed by atoms with Gasteiger partial charge in [0.15, 0.2) is 0 Å². The third-order valence-corrected chi connectivity index (χ3v) is 4.81. The van der Waals surface area contributed by atoms with Crippen molar-refractivity contribution in [3.05, 3.63) is 0 Å². The molecular weight excluding hydrogens is 276 g/mol. The predicted octanol–water partition coefficient (Wildman–Crippen LogP) is 1.96. The van der Waals surface area contributed by atoms with Gasteiger partial charge >= 0.3 is 0 Å². The first kappa shape index (κ1) is 16.1. The van der Waals surface area contributed by atoms with Crippen molar-refractivity contribution in [2.45, 2.75) is 70.2 Å². The van der Waals surface area contributed by atoms with Gasteiger partial charge in [0.25, 0.3) is 0 Å². The molecule has 0 radical (unpaired) electrons. The van der Waals surface area contributed by atoms with E-state index in [4.69, 9.17) is 4.74 Å². The molecule has 4 nitrogen and oxygen atoms in total. The monoisotopic (exact) mass is 302 g/mol. The zero-order valence-corrected chi connectivity index (χ0v) is 13.3. The van der Waals surface area contributed by atoms with Crippen LogP contribution < -0.4 is 5.32 Å². The number of piperidine rings is 1. The summed E-state index contributed by atoms with van der Waals surface area (Å²) < 4.78 is 5.70. The first-order chi connectivity index (χ1) is 9.10. The molecule has 2 bridgehead atoms. The molecule has 4 atom stereocenters. The lowest BCUT2D eigenvalue weighted by molar-refractivity contribution is -0.144. The van der Waals surface area contributed by atoms with Crippen molar-refractivity contribution in [1.29, 1.82) is 0 Å². The molecule has 1 amide bonds. The van der Waals surface area contributed by atoms with Crippen LogP contribution in [-0.2, 0) is 9.53 Å². The molecule has 3 heterocycles. The zero-order chi connectivity index (χ0) is 13.4. The van der Waals surface area contributed by atoms with Gasteiger partial charge in [-0.3, -0.25) is 4.79 Å². The van der Waals surface area contributed by atoms with Crippen LogP contribution in [0.15, 0.2) is 0 Å². The smallest absolute Gasteiger partial charge is 0.223 e. The maximum absolute atomic E-state index is 12.4. The van der Waals surface area contributed by atoms with Gasteiger partial charge < -0.3 is 15.0 Å².